The highest BCUT2D eigenvalue weighted by Gasteiger charge is 2.24. The number of ether oxygens (including phenoxy) is 1. The van der Waals surface area contributed by atoms with Gasteiger partial charge in [-0.15, -0.1) is 27.8 Å². The number of aromatic carboxylic acids is 1. The lowest BCUT2D eigenvalue weighted by Crippen LogP contribution is -2.29. The normalized spacial score (nSPS) is 11.5. The first-order valence-corrected chi connectivity index (χ1v) is 19.0. The number of rotatable bonds is 9. The van der Waals surface area contributed by atoms with Gasteiger partial charge in [-0.2, -0.15) is 4.57 Å². The fraction of sp³-hybridized carbons (Fsp3) is 0.0244. The van der Waals surface area contributed by atoms with Crippen molar-refractivity contribution in [3.05, 3.63) is 144 Å². The second kappa shape index (κ2) is 13.2. The number of carbonyl (C=O) groups is 1. The molecule has 0 aliphatic rings. The van der Waals surface area contributed by atoms with Crippen LogP contribution in [0.25, 0.3) is 58.3 Å². The molecule has 13 nitrogen and oxygen atoms in total. The van der Waals surface area contributed by atoms with Crippen molar-refractivity contribution in [2.45, 2.75) is 0 Å². The summed E-state index contributed by atoms with van der Waals surface area (Å²) in [6.45, 7) is 0. The van der Waals surface area contributed by atoms with Crippen LogP contribution in [0.4, 0.5) is 23.0 Å². The molecule has 0 aliphatic heterocycles. The summed E-state index contributed by atoms with van der Waals surface area (Å²) in [4.78, 5) is 33.0. The summed E-state index contributed by atoms with van der Waals surface area (Å²) >= 11 is 3.35. The predicted molar refractivity (Wildman–Crippen MR) is 218 cm³/mol. The number of hydrogen-bond donors (Lipinski definition) is 4. The van der Waals surface area contributed by atoms with Gasteiger partial charge in [0.25, 0.3) is 0 Å². The maximum atomic E-state index is 11.9. The van der Waals surface area contributed by atoms with Crippen LogP contribution in [0, 0.1) is 0 Å². The monoisotopic (exact) mass is 774 g/mol. The lowest BCUT2D eigenvalue weighted by Gasteiger charge is -2.09. The van der Waals surface area contributed by atoms with Gasteiger partial charge in [-0.3, -0.25) is 4.79 Å². The third kappa shape index (κ3) is 5.87. The number of nitrogens with zero attached hydrogens (tertiary/aromatic N) is 6. The summed E-state index contributed by atoms with van der Waals surface area (Å²) < 4.78 is 13.4. The van der Waals surface area contributed by atoms with E-state index in [-0.39, 0.29) is 16.9 Å². The maximum Gasteiger partial charge on any atom is 0.339 e. The van der Waals surface area contributed by atoms with Gasteiger partial charge >= 0.3 is 11.6 Å². The highest BCUT2D eigenvalue weighted by molar-refractivity contribution is 7.22. The minimum absolute atomic E-state index is 0.0525. The highest BCUT2D eigenvalue weighted by Crippen LogP contribution is 2.36. The molecule has 3 aromatic carbocycles. The summed E-state index contributed by atoms with van der Waals surface area (Å²) in [5, 5.41) is 28.2. The summed E-state index contributed by atoms with van der Waals surface area (Å²) in [5.41, 5.74) is 5.30. The van der Waals surface area contributed by atoms with Crippen molar-refractivity contribution >= 4 is 83.1 Å². The van der Waals surface area contributed by atoms with Gasteiger partial charge in [-0.05, 0) is 89.6 Å². The van der Waals surface area contributed by atoms with Crippen molar-refractivity contribution in [1.29, 1.82) is 0 Å². The van der Waals surface area contributed by atoms with Crippen molar-refractivity contribution in [2.75, 3.05) is 17.7 Å². The van der Waals surface area contributed by atoms with Gasteiger partial charge in [0.15, 0.2) is 17.3 Å². The highest BCUT2D eigenvalue weighted by atomic mass is 32.1. The molecule has 0 saturated carbocycles. The number of benzene rings is 3. The lowest BCUT2D eigenvalue weighted by molar-refractivity contribution is -0.566. The molecule has 0 amide bonds. The summed E-state index contributed by atoms with van der Waals surface area (Å²) in [7, 11) is 1.45. The Morgan fingerprint density at radius 2 is 1.54 bits per heavy atom. The number of anilines is 4. The first-order valence-electron chi connectivity index (χ1n) is 17.3. The smallest absolute Gasteiger partial charge is 0.339 e. The molecule has 10 aromatic rings. The van der Waals surface area contributed by atoms with E-state index in [1.54, 1.807) is 51.6 Å². The summed E-state index contributed by atoms with van der Waals surface area (Å²) in [6.07, 6.45) is 5.51. The zero-order valence-electron chi connectivity index (χ0n) is 29.3. The Balaban J connectivity index is 1.04. The molecule has 7 aromatic heterocycles. The Morgan fingerprint density at radius 1 is 0.786 bits per heavy atom. The topological polar surface area (TPSA) is 155 Å². The van der Waals surface area contributed by atoms with Crippen LogP contribution in [-0.2, 0) is 0 Å². The van der Waals surface area contributed by atoms with Crippen LogP contribution in [0.5, 0.6) is 5.75 Å². The van der Waals surface area contributed by atoms with E-state index in [1.807, 2.05) is 47.1 Å². The average Bonchev–Trinajstić information content (AvgIpc) is 4.00. The van der Waals surface area contributed by atoms with E-state index in [0.717, 1.165) is 47.9 Å². The number of H-pyrrole nitrogens is 1. The molecule has 10 rings (SSSR count). The third-order valence-electron chi connectivity index (χ3n) is 9.36. The zero-order chi connectivity index (χ0) is 37.9. The lowest BCUT2D eigenvalue weighted by atomic mass is 10.2. The van der Waals surface area contributed by atoms with Crippen LogP contribution in [0.1, 0.15) is 10.4 Å². The molecule has 0 radical (unpaired) electrons. The van der Waals surface area contributed by atoms with Gasteiger partial charge in [-0.25, -0.2) is 14.3 Å². The molecule has 0 spiro atoms. The number of methoxy groups -OCH3 is 1. The molecule has 0 atom stereocenters. The SMILES string of the molecule is COc1ccc(Nc2ccc3n(n2)c(-c2cc4ccccc4s2)c[n+]3-c2ccc3sc(-c4cnc5ccc(Nc6cc[nH]c(=O)c6)nn45)cc3c2)cc1C(=O)O. The van der Waals surface area contributed by atoms with Crippen LogP contribution in [0.15, 0.2) is 133 Å². The van der Waals surface area contributed by atoms with Crippen molar-refractivity contribution < 1.29 is 19.2 Å². The van der Waals surface area contributed by atoms with Gasteiger partial charge in [0.2, 0.25) is 11.3 Å². The van der Waals surface area contributed by atoms with Crippen LogP contribution in [0.2, 0.25) is 0 Å². The van der Waals surface area contributed by atoms with Crippen LogP contribution < -0.4 is 25.5 Å². The number of hydrogen-bond acceptors (Lipinski definition) is 10. The van der Waals surface area contributed by atoms with E-state index < -0.39 is 5.97 Å². The van der Waals surface area contributed by atoms with Crippen LogP contribution in [-0.4, -0.2) is 47.4 Å². The Labute approximate surface area is 324 Å². The van der Waals surface area contributed by atoms with Crippen molar-refractivity contribution in [3.8, 4) is 32.6 Å². The van der Waals surface area contributed by atoms with E-state index in [1.165, 1.54) is 23.9 Å². The van der Waals surface area contributed by atoms with Crippen molar-refractivity contribution in [1.82, 2.24) is 29.2 Å². The number of aromatic amines is 1. The fourth-order valence-corrected chi connectivity index (χ4v) is 8.85. The molecular formula is C41H28N9O4S2+. The third-order valence-corrected chi connectivity index (χ3v) is 11.6. The fourth-order valence-electron chi connectivity index (χ4n) is 6.75. The number of imidazole rings is 2. The van der Waals surface area contributed by atoms with Crippen molar-refractivity contribution in [3.63, 3.8) is 0 Å². The Morgan fingerprint density at radius 3 is 2.34 bits per heavy atom. The Hall–Kier alpha value is -7.36. The van der Waals surface area contributed by atoms with Gasteiger partial charge in [0.1, 0.15) is 28.9 Å². The molecule has 272 valence electrons. The largest absolute Gasteiger partial charge is 0.496 e. The van der Waals surface area contributed by atoms with E-state index in [0.29, 0.717) is 28.7 Å². The van der Waals surface area contributed by atoms with Crippen LogP contribution >= 0.6 is 22.7 Å². The minimum Gasteiger partial charge on any atom is -0.496 e. The second-order valence-electron chi connectivity index (χ2n) is 12.9. The summed E-state index contributed by atoms with van der Waals surface area (Å²) in [5.74, 6) is 0.319. The number of aromatic nitrogens is 7. The molecule has 0 saturated heterocycles. The number of pyridine rings is 1. The minimum atomic E-state index is -1.08. The standard InChI is InChI=1S/C41H27N9O4S2/c1-54-31-8-6-25(19-28(31)41(52)53)44-37-11-13-40-48(22-30(50(40)47-37)35-17-23-4-2-3-5-32(23)55-35)27-7-9-33-24(16-27)18-34(56-33)29-21-43-38-12-10-36(46-49(29)38)45-26-14-15-42-39(51)20-26/h2-22H,1H3,(H3-,42,44,45,46,47,51,52,53)/p+1. The van der Waals surface area contributed by atoms with Gasteiger partial charge < -0.3 is 25.5 Å². The average molecular weight is 775 g/mol. The van der Waals surface area contributed by atoms with Crippen molar-refractivity contribution in [2.24, 2.45) is 0 Å². The first kappa shape index (κ1) is 33.2. The number of thiophene rings is 2. The first-order chi connectivity index (χ1) is 27.4. The number of carboxylic acids is 1. The summed E-state index contributed by atoms with van der Waals surface area (Å²) in [6, 6.07) is 34.8. The maximum absolute atomic E-state index is 11.9. The quantitative estimate of drug-likeness (QED) is 0.106. The molecule has 15 heteroatoms. The van der Waals surface area contributed by atoms with E-state index in [4.69, 9.17) is 14.9 Å². The molecular weight excluding hydrogens is 747 g/mol. The second-order valence-corrected chi connectivity index (χ2v) is 15.1. The predicted octanol–water partition coefficient (Wildman–Crippen LogP) is 8.30. The number of carboxylic acid groups (broad SMARTS) is 1. The van der Waals surface area contributed by atoms with Gasteiger partial charge in [0.05, 0.1) is 23.1 Å². The van der Waals surface area contributed by atoms with E-state index in [2.05, 4.69) is 73.8 Å². The number of nitrogens with one attached hydrogen (secondary N) is 3. The van der Waals surface area contributed by atoms with Gasteiger partial charge in [0, 0.05) is 39.1 Å². The molecule has 56 heavy (non-hydrogen) atoms. The molecule has 4 N–H and O–H groups in total. The Kier molecular flexibility index (Phi) is 7.83. The zero-order valence-corrected chi connectivity index (χ0v) is 30.9. The van der Waals surface area contributed by atoms with E-state index in [9.17, 15) is 14.7 Å². The molecule has 0 unspecified atom stereocenters. The van der Waals surface area contributed by atoms with E-state index >= 15 is 0 Å². The molecule has 0 bridgehead atoms. The molecule has 7 heterocycles. The molecule has 0 fully saturated rings. The Bertz CT molecular complexity index is 3200. The van der Waals surface area contributed by atoms with Gasteiger partial charge in [-0.1, -0.05) is 27.8 Å². The molecule has 0 aliphatic carbocycles. The number of fused-ring (bicyclic) bond motifs is 4. The van der Waals surface area contributed by atoms with Crippen LogP contribution in [0.3, 0.4) is 0 Å².